The lowest BCUT2D eigenvalue weighted by molar-refractivity contribution is -0.115. The van der Waals surface area contributed by atoms with Crippen LogP contribution in [0.5, 0.6) is 5.75 Å². The second-order valence-corrected chi connectivity index (χ2v) is 4.46. The topological polar surface area (TPSA) is 38.3 Å². The minimum absolute atomic E-state index is 0.0241. The van der Waals surface area contributed by atoms with Crippen LogP contribution in [0.25, 0.3) is 0 Å². The number of unbranched alkanes of at least 4 members (excludes halogenated alkanes) is 1. The highest BCUT2D eigenvalue weighted by molar-refractivity contribution is 9.09. The molecule has 4 heteroatoms. The number of carbonyl (C=O) groups excluding carboxylic acids is 1. The Labute approximate surface area is 111 Å². The highest BCUT2D eigenvalue weighted by Gasteiger charge is 1.99. The lowest BCUT2D eigenvalue weighted by atomic mass is 10.3. The summed E-state index contributed by atoms with van der Waals surface area (Å²) < 4.78 is 5.56. The Hall–Kier alpha value is -1.03. The van der Waals surface area contributed by atoms with Gasteiger partial charge in [-0.05, 0) is 37.1 Å². The molecule has 0 atom stereocenters. The molecule has 1 N–H and O–H groups in total. The van der Waals surface area contributed by atoms with Gasteiger partial charge in [0.05, 0.1) is 6.61 Å². The fraction of sp³-hybridized carbons (Fsp3) is 0.462. The molecule has 0 unspecified atom stereocenters. The van der Waals surface area contributed by atoms with E-state index in [2.05, 4.69) is 21.2 Å². The first kappa shape index (κ1) is 14.0. The number of nitrogens with one attached hydrogen (secondary N) is 1. The van der Waals surface area contributed by atoms with Crippen LogP contribution in [0.15, 0.2) is 24.3 Å². The molecule has 0 aliphatic carbocycles. The van der Waals surface area contributed by atoms with Crippen LogP contribution in [-0.2, 0) is 4.79 Å². The molecule has 0 fully saturated rings. The maximum absolute atomic E-state index is 11.2. The van der Waals surface area contributed by atoms with E-state index in [0.29, 0.717) is 6.42 Å². The lowest BCUT2D eigenvalue weighted by Crippen LogP contribution is -2.09. The van der Waals surface area contributed by atoms with Crippen molar-refractivity contribution in [2.45, 2.75) is 26.2 Å². The first-order chi connectivity index (χ1) is 8.26. The van der Waals surface area contributed by atoms with Gasteiger partial charge in [-0.15, -0.1) is 0 Å². The highest BCUT2D eigenvalue weighted by Crippen LogP contribution is 2.16. The fourth-order valence-electron chi connectivity index (χ4n) is 1.27. The van der Waals surface area contributed by atoms with E-state index in [0.717, 1.165) is 36.2 Å². The summed E-state index contributed by atoms with van der Waals surface area (Å²) in [5.74, 6) is 0.866. The van der Waals surface area contributed by atoms with Gasteiger partial charge in [-0.25, -0.2) is 0 Å². The van der Waals surface area contributed by atoms with E-state index in [9.17, 15) is 4.79 Å². The molecule has 0 heterocycles. The molecule has 1 rings (SSSR count). The third-order valence-electron chi connectivity index (χ3n) is 2.26. The molecule has 0 aliphatic rings. The van der Waals surface area contributed by atoms with Gasteiger partial charge >= 0.3 is 0 Å². The van der Waals surface area contributed by atoms with Gasteiger partial charge in [-0.3, -0.25) is 4.79 Å². The van der Waals surface area contributed by atoms with Crippen molar-refractivity contribution < 1.29 is 9.53 Å². The van der Waals surface area contributed by atoms with Gasteiger partial charge in [0.15, 0.2) is 0 Å². The average Bonchev–Trinajstić information content (AvgIpc) is 2.36. The largest absolute Gasteiger partial charge is 0.494 e. The first-order valence-corrected chi connectivity index (χ1v) is 6.97. The number of anilines is 1. The van der Waals surface area contributed by atoms with E-state index in [1.54, 1.807) is 0 Å². The number of benzene rings is 1. The van der Waals surface area contributed by atoms with Crippen molar-refractivity contribution in [3.63, 3.8) is 0 Å². The molecule has 0 saturated heterocycles. The maximum atomic E-state index is 11.2. The summed E-state index contributed by atoms with van der Waals surface area (Å²) in [5, 5.41) is 3.81. The van der Waals surface area contributed by atoms with Crippen molar-refractivity contribution in [3.8, 4) is 5.75 Å². The van der Waals surface area contributed by atoms with E-state index < -0.39 is 0 Å². The number of ether oxygens (including phenoxy) is 1. The lowest BCUT2D eigenvalue weighted by Gasteiger charge is -2.07. The Morgan fingerprint density at radius 3 is 2.59 bits per heavy atom. The van der Waals surface area contributed by atoms with Crippen molar-refractivity contribution in [1.82, 2.24) is 0 Å². The van der Waals surface area contributed by atoms with Crippen molar-refractivity contribution in [2.75, 3.05) is 17.3 Å². The standard InChI is InChI=1S/C13H18BrNO2/c1-2-13(16)15-11-5-7-12(8-6-11)17-10-4-3-9-14/h5-8H,2-4,9-10H2,1H3,(H,15,16). The Morgan fingerprint density at radius 1 is 1.29 bits per heavy atom. The minimum Gasteiger partial charge on any atom is -0.494 e. The Morgan fingerprint density at radius 2 is 2.00 bits per heavy atom. The normalized spacial score (nSPS) is 10.0. The zero-order valence-corrected chi connectivity index (χ0v) is 11.6. The summed E-state index contributed by atoms with van der Waals surface area (Å²) in [5.41, 5.74) is 0.810. The molecule has 0 aliphatic heterocycles. The zero-order valence-electron chi connectivity index (χ0n) is 10.0. The summed E-state index contributed by atoms with van der Waals surface area (Å²) in [6.45, 7) is 2.56. The molecule has 0 saturated carbocycles. The Balaban J connectivity index is 2.36. The SMILES string of the molecule is CCC(=O)Nc1ccc(OCCCCBr)cc1. The third kappa shape index (κ3) is 5.73. The van der Waals surface area contributed by atoms with Gasteiger partial charge in [0.25, 0.3) is 0 Å². The fourth-order valence-corrected chi connectivity index (χ4v) is 1.67. The number of hydrogen-bond donors (Lipinski definition) is 1. The number of amides is 1. The van der Waals surface area contributed by atoms with Crippen LogP contribution in [0.2, 0.25) is 0 Å². The smallest absolute Gasteiger partial charge is 0.224 e. The predicted octanol–water partition coefficient (Wildman–Crippen LogP) is 3.59. The quantitative estimate of drug-likeness (QED) is 0.617. The van der Waals surface area contributed by atoms with Gasteiger partial charge in [0.1, 0.15) is 5.75 Å². The van der Waals surface area contributed by atoms with E-state index in [1.165, 1.54) is 0 Å². The number of alkyl halides is 1. The summed E-state index contributed by atoms with van der Waals surface area (Å²) in [6.07, 6.45) is 2.65. The van der Waals surface area contributed by atoms with Crippen LogP contribution in [0.4, 0.5) is 5.69 Å². The molecule has 3 nitrogen and oxygen atoms in total. The molecular formula is C13H18BrNO2. The van der Waals surface area contributed by atoms with Crippen LogP contribution in [0.1, 0.15) is 26.2 Å². The van der Waals surface area contributed by atoms with Crippen LogP contribution in [0.3, 0.4) is 0 Å². The van der Waals surface area contributed by atoms with Crippen LogP contribution >= 0.6 is 15.9 Å². The number of halogens is 1. The molecule has 0 spiro atoms. The number of carbonyl (C=O) groups is 1. The molecule has 1 aromatic rings. The van der Waals surface area contributed by atoms with Crippen molar-refractivity contribution in [2.24, 2.45) is 0 Å². The van der Waals surface area contributed by atoms with E-state index in [4.69, 9.17) is 4.74 Å². The summed E-state index contributed by atoms with van der Waals surface area (Å²) in [7, 11) is 0. The Kier molecular flexibility index (Phi) is 6.70. The molecule has 0 radical (unpaired) electrons. The number of rotatable bonds is 7. The maximum Gasteiger partial charge on any atom is 0.224 e. The molecule has 0 aromatic heterocycles. The highest BCUT2D eigenvalue weighted by atomic mass is 79.9. The molecule has 0 bridgehead atoms. The van der Waals surface area contributed by atoms with E-state index in [-0.39, 0.29) is 5.91 Å². The second kappa shape index (κ2) is 8.12. The van der Waals surface area contributed by atoms with Crippen molar-refractivity contribution in [3.05, 3.63) is 24.3 Å². The van der Waals surface area contributed by atoms with E-state index >= 15 is 0 Å². The monoisotopic (exact) mass is 299 g/mol. The van der Waals surface area contributed by atoms with Gasteiger partial charge in [-0.1, -0.05) is 22.9 Å². The first-order valence-electron chi connectivity index (χ1n) is 5.85. The van der Waals surface area contributed by atoms with Crippen LogP contribution in [-0.4, -0.2) is 17.8 Å². The second-order valence-electron chi connectivity index (χ2n) is 3.67. The predicted molar refractivity (Wildman–Crippen MR) is 73.9 cm³/mol. The minimum atomic E-state index is 0.0241. The van der Waals surface area contributed by atoms with E-state index in [1.807, 2.05) is 31.2 Å². The molecule has 1 aromatic carbocycles. The zero-order chi connectivity index (χ0) is 12.5. The third-order valence-corrected chi connectivity index (χ3v) is 2.82. The van der Waals surface area contributed by atoms with Crippen molar-refractivity contribution in [1.29, 1.82) is 0 Å². The van der Waals surface area contributed by atoms with Gasteiger partial charge in [0, 0.05) is 17.4 Å². The molecule has 17 heavy (non-hydrogen) atoms. The summed E-state index contributed by atoms with van der Waals surface area (Å²) >= 11 is 3.38. The van der Waals surface area contributed by atoms with Gasteiger partial charge in [0.2, 0.25) is 5.91 Å². The Bertz CT molecular complexity index is 338. The summed E-state index contributed by atoms with van der Waals surface area (Å²) in [4.78, 5) is 11.2. The number of hydrogen-bond acceptors (Lipinski definition) is 2. The molecule has 94 valence electrons. The van der Waals surface area contributed by atoms with Gasteiger partial charge in [-0.2, -0.15) is 0 Å². The van der Waals surface area contributed by atoms with Gasteiger partial charge < -0.3 is 10.1 Å². The summed E-state index contributed by atoms with van der Waals surface area (Å²) in [6, 6.07) is 7.46. The average molecular weight is 300 g/mol. The molecular weight excluding hydrogens is 282 g/mol. The van der Waals surface area contributed by atoms with Crippen LogP contribution < -0.4 is 10.1 Å². The molecule has 1 amide bonds. The van der Waals surface area contributed by atoms with Crippen LogP contribution in [0, 0.1) is 0 Å². The van der Waals surface area contributed by atoms with Crippen molar-refractivity contribution >= 4 is 27.5 Å².